The maximum Gasteiger partial charge on any atom is 0.223 e. The van der Waals surface area contributed by atoms with Crippen LogP contribution >= 0.6 is 11.6 Å². The van der Waals surface area contributed by atoms with Crippen LogP contribution in [0, 0.1) is 0 Å². The predicted molar refractivity (Wildman–Crippen MR) is 59.6 cm³/mol. The van der Waals surface area contributed by atoms with Crippen LogP contribution in [0.1, 0.15) is 20.8 Å². The molecule has 0 saturated heterocycles. The Bertz CT molecular complexity index is 293. The summed E-state index contributed by atoms with van der Waals surface area (Å²) in [5, 5.41) is 0.381. The second kappa shape index (κ2) is 4.46. The van der Waals surface area contributed by atoms with Crippen molar-refractivity contribution in [3.8, 4) is 0 Å². The van der Waals surface area contributed by atoms with Gasteiger partial charge in [-0.2, -0.15) is 4.98 Å². The first kappa shape index (κ1) is 11.0. The summed E-state index contributed by atoms with van der Waals surface area (Å²) in [6.45, 7) is 7.11. The van der Waals surface area contributed by atoms with Gasteiger partial charge in [-0.15, -0.1) is 0 Å². The van der Waals surface area contributed by atoms with E-state index in [0.717, 1.165) is 12.4 Å². The van der Waals surface area contributed by atoms with Gasteiger partial charge in [0.15, 0.2) is 0 Å². The molecule has 0 atom stereocenters. The molecule has 0 unspecified atom stereocenters. The Morgan fingerprint density at radius 3 is 2.57 bits per heavy atom. The van der Waals surface area contributed by atoms with Crippen molar-refractivity contribution in [2.24, 2.45) is 0 Å². The molecule has 4 nitrogen and oxygen atoms in total. The molecule has 0 aromatic carbocycles. The molecule has 78 valence electrons. The van der Waals surface area contributed by atoms with Crippen molar-refractivity contribution in [2.45, 2.75) is 26.8 Å². The lowest BCUT2D eigenvalue weighted by Crippen LogP contribution is -2.31. The summed E-state index contributed by atoms with van der Waals surface area (Å²) in [5.74, 6) is 0.992. The normalized spacial score (nSPS) is 10.6. The average Bonchev–Trinajstić information content (AvgIpc) is 2.02. The van der Waals surface area contributed by atoms with Crippen molar-refractivity contribution in [3.63, 3.8) is 0 Å². The molecule has 0 aliphatic heterocycles. The highest BCUT2D eigenvalue weighted by Gasteiger charge is 2.11. The standard InChI is InChI=1S/C9H15ClN4/c1-4-14(6(2)3)8-5-7(10)12-9(11)13-8/h5-6H,4H2,1-3H3,(H2,11,12,13). The molecule has 0 aliphatic carbocycles. The van der Waals surface area contributed by atoms with Crippen molar-refractivity contribution in [3.05, 3.63) is 11.2 Å². The smallest absolute Gasteiger partial charge is 0.223 e. The number of nitrogen functional groups attached to an aromatic ring is 1. The summed E-state index contributed by atoms with van der Waals surface area (Å²) in [4.78, 5) is 10.1. The minimum atomic E-state index is 0.214. The number of anilines is 2. The van der Waals surface area contributed by atoms with E-state index < -0.39 is 0 Å². The fourth-order valence-corrected chi connectivity index (χ4v) is 1.55. The lowest BCUT2D eigenvalue weighted by atomic mass is 10.3. The molecule has 14 heavy (non-hydrogen) atoms. The van der Waals surface area contributed by atoms with Crippen LogP contribution in [-0.4, -0.2) is 22.6 Å². The molecule has 1 rings (SSSR count). The number of hydrogen-bond acceptors (Lipinski definition) is 4. The van der Waals surface area contributed by atoms with E-state index in [4.69, 9.17) is 17.3 Å². The second-order valence-corrected chi connectivity index (χ2v) is 3.67. The van der Waals surface area contributed by atoms with Gasteiger partial charge in [0.05, 0.1) is 0 Å². The average molecular weight is 215 g/mol. The van der Waals surface area contributed by atoms with Crippen molar-refractivity contribution >= 4 is 23.4 Å². The van der Waals surface area contributed by atoms with E-state index in [0.29, 0.717) is 11.2 Å². The number of nitrogens with two attached hydrogens (primary N) is 1. The maximum absolute atomic E-state index is 5.80. The van der Waals surface area contributed by atoms with Crippen LogP contribution in [0.2, 0.25) is 5.15 Å². The molecule has 1 heterocycles. The summed E-state index contributed by atoms with van der Waals surface area (Å²) in [6.07, 6.45) is 0. The highest BCUT2D eigenvalue weighted by atomic mass is 35.5. The molecule has 0 aliphatic rings. The summed E-state index contributed by atoms with van der Waals surface area (Å²) < 4.78 is 0. The van der Waals surface area contributed by atoms with Crippen molar-refractivity contribution < 1.29 is 0 Å². The van der Waals surface area contributed by atoms with Gasteiger partial charge in [-0.05, 0) is 20.8 Å². The topological polar surface area (TPSA) is 55.0 Å². The molecule has 0 amide bonds. The highest BCUT2D eigenvalue weighted by molar-refractivity contribution is 6.29. The van der Waals surface area contributed by atoms with Gasteiger partial charge >= 0.3 is 0 Å². The first-order valence-corrected chi connectivity index (χ1v) is 4.99. The van der Waals surface area contributed by atoms with E-state index in [1.807, 2.05) is 0 Å². The van der Waals surface area contributed by atoms with Gasteiger partial charge in [0.2, 0.25) is 5.95 Å². The minimum Gasteiger partial charge on any atom is -0.368 e. The molecule has 0 bridgehead atoms. The summed E-state index contributed by atoms with van der Waals surface area (Å²) >= 11 is 5.80. The third kappa shape index (κ3) is 2.48. The number of nitrogens with zero attached hydrogens (tertiary/aromatic N) is 3. The van der Waals surface area contributed by atoms with Crippen LogP contribution < -0.4 is 10.6 Å². The van der Waals surface area contributed by atoms with Gasteiger partial charge < -0.3 is 10.6 Å². The molecule has 0 radical (unpaired) electrons. The Kier molecular flexibility index (Phi) is 3.52. The Balaban J connectivity index is 3.04. The fraction of sp³-hybridized carbons (Fsp3) is 0.556. The zero-order chi connectivity index (χ0) is 10.7. The van der Waals surface area contributed by atoms with Crippen LogP contribution in [0.3, 0.4) is 0 Å². The summed E-state index contributed by atoms with van der Waals surface area (Å²) in [7, 11) is 0. The van der Waals surface area contributed by atoms with Gasteiger partial charge in [0, 0.05) is 18.7 Å². The zero-order valence-electron chi connectivity index (χ0n) is 8.66. The largest absolute Gasteiger partial charge is 0.368 e. The predicted octanol–water partition coefficient (Wildman–Crippen LogP) is 1.95. The molecule has 1 aromatic rings. The van der Waals surface area contributed by atoms with E-state index in [1.165, 1.54) is 0 Å². The molecular weight excluding hydrogens is 200 g/mol. The lowest BCUT2D eigenvalue weighted by molar-refractivity contribution is 0.693. The molecule has 0 spiro atoms. The van der Waals surface area contributed by atoms with Crippen LogP contribution in [0.4, 0.5) is 11.8 Å². The highest BCUT2D eigenvalue weighted by Crippen LogP contribution is 2.18. The minimum absolute atomic E-state index is 0.214. The second-order valence-electron chi connectivity index (χ2n) is 3.29. The van der Waals surface area contributed by atoms with Gasteiger partial charge in [-0.1, -0.05) is 11.6 Å². The zero-order valence-corrected chi connectivity index (χ0v) is 9.41. The molecule has 5 heteroatoms. The number of rotatable bonds is 3. The van der Waals surface area contributed by atoms with Gasteiger partial charge in [0.1, 0.15) is 11.0 Å². The van der Waals surface area contributed by atoms with E-state index in [2.05, 4.69) is 35.6 Å². The first-order valence-electron chi connectivity index (χ1n) is 4.61. The van der Waals surface area contributed by atoms with Crippen LogP contribution in [0.15, 0.2) is 6.07 Å². The Hall–Kier alpha value is -1.03. The van der Waals surface area contributed by atoms with E-state index in [1.54, 1.807) is 6.07 Å². The number of aromatic nitrogens is 2. The van der Waals surface area contributed by atoms with E-state index >= 15 is 0 Å². The molecular formula is C9H15ClN4. The summed E-state index contributed by atoms with van der Waals surface area (Å²) in [6, 6.07) is 2.09. The van der Waals surface area contributed by atoms with Crippen molar-refractivity contribution in [2.75, 3.05) is 17.2 Å². The third-order valence-electron chi connectivity index (χ3n) is 1.96. The van der Waals surface area contributed by atoms with Gasteiger partial charge in [-0.3, -0.25) is 0 Å². The summed E-state index contributed by atoms with van der Waals surface area (Å²) in [5.41, 5.74) is 5.52. The van der Waals surface area contributed by atoms with Gasteiger partial charge in [0.25, 0.3) is 0 Å². The Labute approximate surface area is 89.1 Å². The van der Waals surface area contributed by atoms with Crippen LogP contribution in [0.25, 0.3) is 0 Å². The van der Waals surface area contributed by atoms with Crippen molar-refractivity contribution in [1.82, 2.24) is 9.97 Å². The molecule has 1 aromatic heterocycles. The number of halogens is 1. The number of hydrogen-bond donors (Lipinski definition) is 1. The van der Waals surface area contributed by atoms with Crippen molar-refractivity contribution in [1.29, 1.82) is 0 Å². The van der Waals surface area contributed by atoms with Crippen LogP contribution in [-0.2, 0) is 0 Å². The lowest BCUT2D eigenvalue weighted by Gasteiger charge is -2.26. The van der Waals surface area contributed by atoms with E-state index in [-0.39, 0.29) is 5.95 Å². The molecule has 0 fully saturated rings. The Morgan fingerprint density at radius 2 is 2.14 bits per heavy atom. The molecule has 0 saturated carbocycles. The fourth-order valence-electron chi connectivity index (χ4n) is 1.36. The quantitative estimate of drug-likeness (QED) is 0.782. The van der Waals surface area contributed by atoms with Gasteiger partial charge in [-0.25, -0.2) is 4.98 Å². The SMILES string of the molecule is CCN(c1cc(Cl)nc(N)n1)C(C)C. The maximum atomic E-state index is 5.80. The van der Waals surface area contributed by atoms with E-state index in [9.17, 15) is 0 Å². The van der Waals surface area contributed by atoms with Crippen LogP contribution in [0.5, 0.6) is 0 Å². The first-order chi connectivity index (χ1) is 6.54. The molecule has 2 N–H and O–H groups in total. The third-order valence-corrected chi connectivity index (χ3v) is 2.15. The Morgan fingerprint density at radius 1 is 1.50 bits per heavy atom. The monoisotopic (exact) mass is 214 g/mol.